The zero-order chi connectivity index (χ0) is 13.6. The Morgan fingerprint density at radius 3 is 2.63 bits per heavy atom. The monoisotopic (exact) mass is 329 g/mol. The third-order valence-corrected chi connectivity index (χ3v) is 5.28. The second-order valence-electron chi connectivity index (χ2n) is 5.63. The summed E-state index contributed by atoms with van der Waals surface area (Å²) in [6.07, 6.45) is 3.71. The minimum absolute atomic E-state index is 0.183. The van der Waals surface area contributed by atoms with E-state index in [0.717, 1.165) is 6.54 Å². The number of benzene rings is 1. The molecule has 0 spiro atoms. The van der Waals surface area contributed by atoms with Gasteiger partial charge >= 0.3 is 0 Å². The van der Waals surface area contributed by atoms with E-state index in [1.165, 1.54) is 31.4 Å². The fraction of sp³-hybridized carbons (Fsp3) is 0.600. The minimum atomic E-state index is -0.448. The molecule has 3 atom stereocenters. The van der Waals surface area contributed by atoms with E-state index < -0.39 is 11.6 Å². The van der Waals surface area contributed by atoms with Crippen molar-refractivity contribution in [2.75, 3.05) is 6.54 Å². The van der Waals surface area contributed by atoms with E-state index >= 15 is 0 Å². The van der Waals surface area contributed by atoms with Gasteiger partial charge < -0.3 is 5.32 Å². The zero-order valence-corrected chi connectivity index (χ0v) is 12.5. The van der Waals surface area contributed by atoms with Gasteiger partial charge in [-0.1, -0.05) is 13.3 Å². The van der Waals surface area contributed by atoms with Crippen LogP contribution in [0.3, 0.4) is 0 Å². The van der Waals surface area contributed by atoms with Gasteiger partial charge in [0.25, 0.3) is 0 Å². The zero-order valence-electron chi connectivity index (χ0n) is 10.9. The Morgan fingerprint density at radius 2 is 2.00 bits per heavy atom. The topological polar surface area (TPSA) is 12.0 Å². The Hall–Kier alpha value is -0.480. The average Bonchev–Trinajstić information content (AvgIpc) is 2.85. The van der Waals surface area contributed by atoms with E-state index in [1.807, 2.05) is 6.92 Å². The predicted molar refractivity (Wildman–Crippen MR) is 74.8 cm³/mol. The van der Waals surface area contributed by atoms with Crippen LogP contribution >= 0.6 is 15.9 Å². The van der Waals surface area contributed by atoms with Gasteiger partial charge in [0.15, 0.2) is 0 Å². The smallest absolute Gasteiger partial charge is 0.145 e. The van der Waals surface area contributed by atoms with Crippen LogP contribution in [0.5, 0.6) is 0 Å². The molecule has 0 radical (unpaired) electrons. The molecule has 0 saturated heterocycles. The van der Waals surface area contributed by atoms with Crippen molar-refractivity contribution in [1.82, 2.24) is 5.32 Å². The van der Waals surface area contributed by atoms with Crippen molar-refractivity contribution in [3.8, 4) is 0 Å². The van der Waals surface area contributed by atoms with Crippen LogP contribution in [0.4, 0.5) is 8.78 Å². The van der Waals surface area contributed by atoms with Crippen molar-refractivity contribution >= 4 is 15.9 Å². The average molecular weight is 330 g/mol. The van der Waals surface area contributed by atoms with E-state index in [2.05, 4.69) is 21.2 Å². The molecule has 2 saturated carbocycles. The van der Waals surface area contributed by atoms with E-state index in [1.54, 1.807) is 0 Å². The highest BCUT2D eigenvalue weighted by atomic mass is 79.9. The maximum Gasteiger partial charge on any atom is 0.145 e. The standard InChI is InChI=1S/C15H18BrF2N/c1-2-19-15(12-8-4-3-5-9(8)12)13-11(17)7-6-10(16)14(13)18/h6-9,12,15,19H,2-5H2,1H3. The van der Waals surface area contributed by atoms with Gasteiger partial charge in [0.2, 0.25) is 0 Å². The number of nitrogens with one attached hydrogen (secondary N) is 1. The molecule has 19 heavy (non-hydrogen) atoms. The summed E-state index contributed by atoms with van der Waals surface area (Å²) in [5.74, 6) is 0.864. The predicted octanol–water partition coefficient (Wildman–Crippen LogP) is 4.42. The maximum atomic E-state index is 14.3. The Labute approximate surface area is 120 Å². The lowest BCUT2D eigenvalue weighted by Crippen LogP contribution is -2.26. The van der Waals surface area contributed by atoms with Gasteiger partial charge in [-0.05, 0) is 65.2 Å². The molecule has 3 unspecified atom stereocenters. The van der Waals surface area contributed by atoms with Crippen molar-refractivity contribution in [2.45, 2.75) is 32.2 Å². The molecule has 2 aliphatic carbocycles. The molecule has 2 aliphatic rings. The van der Waals surface area contributed by atoms with E-state index in [4.69, 9.17) is 0 Å². The van der Waals surface area contributed by atoms with Gasteiger partial charge in [0.05, 0.1) is 4.47 Å². The molecule has 104 valence electrons. The normalized spacial score (nSPS) is 30.2. The van der Waals surface area contributed by atoms with Gasteiger partial charge in [-0.15, -0.1) is 0 Å². The summed E-state index contributed by atoms with van der Waals surface area (Å²) in [6, 6.07) is 2.61. The van der Waals surface area contributed by atoms with Crippen LogP contribution in [0.25, 0.3) is 0 Å². The van der Waals surface area contributed by atoms with E-state index in [9.17, 15) is 8.78 Å². The Bertz CT molecular complexity index is 481. The molecule has 0 heterocycles. The molecule has 1 aromatic rings. The van der Waals surface area contributed by atoms with E-state index in [-0.39, 0.29) is 11.6 Å². The van der Waals surface area contributed by atoms with Crippen LogP contribution in [0.15, 0.2) is 16.6 Å². The van der Waals surface area contributed by atoms with Gasteiger partial charge in [-0.2, -0.15) is 0 Å². The maximum absolute atomic E-state index is 14.3. The number of rotatable bonds is 4. The van der Waals surface area contributed by atoms with Crippen molar-refractivity contribution < 1.29 is 8.78 Å². The Kier molecular flexibility index (Phi) is 3.65. The third-order valence-electron chi connectivity index (χ3n) is 4.67. The second-order valence-corrected chi connectivity index (χ2v) is 6.48. The van der Waals surface area contributed by atoms with Crippen molar-refractivity contribution in [1.29, 1.82) is 0 Å². The lowest BCUT2D eigenvalue weighted by molar-refractivity contribution is 0.393. The highest BCUT2D eigenvalue weighted by Crippen LogP contribution is 2.62. The summed E-state index contributed by atoms with van der Waals surface area (Å²) in [5, 5.41) is 3.30. The second kappa shape index (κ2) is 5.13. The quantitative estimate of drug-likeness (QED) is 0.806. The van der Waals surface area contributed by atoms with Crippen LogP contribution in [0.1, 0.15) is 37.8 Å². The first kappa shape index (κ1) is 13.5. The molecular formula is C15H18BrF2N. The number of hydrogen-bond donors (Lipinski definition) is 1. The Balaban J connectivity index is 1.94. The molecule has 0 bridgehead atoms. The fourth-order valence-electron chi connectivity index (χ4n) is 3.85. The molecule has 2 fully saturated rings. The van der Waals surface area contributed by atoms with Gasteiger partial charge in [-0.25, -0.2) is 8.78 Å². The molecule has 1 N–H and O–H groups in total. The molecule has 3 rings (SSSR count). The lowest BCUT2D eigenvalue weighted by Gasteiger charge is -2.22. The minimum Gasteiger partial charge on any atom is -0.310 e. The highest BCUT2D eigenvalue weighted by molar-refractivity contribution is 9.10. The Morgan fingerprint density at radius 1 is 1.32 bits per heavy atom. The summed E-state index contributed by atoms with van der Waals surface area (Å²) >= 11 is 3.16. The van der Waals surface area contributed by atoms with Crippen LogP contribution < -0.4 is 5.32 Å². The molecule has 1 nitrogen and oxygen atoms in total. The van der Waals surface area contributed by atoms with Crippen molar-refractivity contribution in [3.05, 3.63) is 33.8 Å². The molecule has 1 aromatic carbocycles. The number of hydrogen-bond acceptors (Lipinski definition) is 1. The summed E-state index contributed by atoms with van der Waals surface area (Å²) in [5.41, 5.74) is 0.218. The van der Waals surface area contributed by atoms with Crippen molar-refractivity contribution in [3.63, 3.8) is 0 Å². The van der Waals surface area contributed by atoms with Gasteiger partial charge in [0, 0.05) is 11.6 Å². The first-order chi connectivity index (χ1) is 9.15. The van der Waals surface area contributed by atoms with E-state index in [0.29, 0.717) is 22.2 Å². The third kappa shape index (κ3) is 2.23. The lowest BCUT2D eigenvalue weighted by atomic mass is 9.96. The summed E-state index contributed by atoms with van der Waals surface area (Å²) in [4.78, 5) is 0. The van der Waals surface area contributed by atoms with Gasteiger partial charge in [-0.3, -0.25) is 0 Å². The van der Waals surface area contributed by atoms with Crippen LogP contribution in [0.2, 0.25) is 0 Å². The first-order valence-corrected chi connectivity index (χ1v) is 7.81. The molecule has 0 amide bonds. The first-order valence-electron chi connectivity index (χ1n) is 7.02. The summed E-state index contributed by atoms with van der Waals surface area (Å²) < 4.78 is 28.7. The molecular weight excluding hydrogens is 312 g/mol. The van der Waals surface area contributed by atoms with Gasteiger partial charge in [0.1, 0.15) is 11.6 Å². The number of halogens is 3. The van der Waals surface area contributed by atoms with Crippen LogP contribution in [-0.4, -0.2) is 6.54 Å². The van der Waals surface area contributed by atoms with Crippen LogP contribution in [-0.2, 0) is 0 Å². The molecule has 0 aliphatic heterocycles. The number of fused-ring (bicyclic) bond motifs is 1. The largest absolute Gasteiger partial charge is 0.310 e. The highest BCUT2D eigenvalue weighted by Gasteiger charge is 2.56. The summed E-state index contributed by atoms with van der Waals surface area (Å²) in [6.45, 7) is 2.71. The fourth-order valence-corrected chi connectivity index (χ4v) is 4.20. The summed E-state index contributed by atoms with van der Waals surface area (Å²) in [7, 11) is 0. The van der Waals surface area contributed by atoms with Crippen molar-refractivity contribution in [2.24, 2.45) is 17.8 Å². The van der Waals surface area contributed by atoms with Crippen LogP contribution in [0, 0.1) is 29.4 Å². The molecule has 0 aromatic heterocycles. The molecule has 4 heteroatoms. The SMILES string of the molecule is CCNC(c1c(F)ccc(Br)c1F)C1C2CCCC21.